The minimum absolute atomic E-state index is 0.123. The van der Waals surface area contributed by atoms with Crippen molar-refractivity contribution in [1.82, 2.24) is 19.7 Å². The van der Waals surface area contributed by atoms with Crippen molar-refractivity contribution in [3.63, 3.8) is 0 Å². The predicted molar refractivity (Wildman–Crippen MR) is 167 cm³/mol. The Morgan fingerprint density at radius 2 is 1.86 bits per heavy atom. The average Bonchev–Trinajstić information content (AvgIpc) is 2.99. The predicted octanol–water partition coefficient (Wildman–Crippen LogP) is 5.68. The van der Waals surface area contributed by atoms with Gasteiger partial charge in [-0.2, -0.15) is 0 Å². The molecule has 0 saturated carbocycles. The number of amides is 1. The van der Waals surface area contributed by atoms with Crippen molar-refractivity contribution in [2.45, 2.75) is 51.6 Å². The summed E-state index contributed by atoms with van der Waals surface area (Å²) in [6.45, 7) is 5.67. The van der Waals surface area contributed by atoms with E-state index < -0.39 is 0 Å². The van der Waals surface area contributed by atoms with Crippen molar-refractivity contribution in [3.05, 3.63) is 89.2 Å². The molecule has 0 atom stereocenters. The third kappa shape index (κ3) is 7.69. The summed E-state index contributed by atoms with van der Waals surface area (Å²) in [4.78, 5) is 24.8. The second-order valence-electron chi connectivity index (χ2n) is 12.3. The standard InChI is InChI=1S/C35H46N4O3/c1-37(2)26-31-23-30(13-14-32(31)41-3)34(40)39-19-16-35(17-20-39)15-7-6-11-29-10-4-5-12-33(29)42-22-21-38(27-35)25-28-9-8-18-36-24-28/h4-5,8-10,12-14,18,23-24H,6-7,11,15-17,19-22,25-27H2,1-3H3. The van der Waals surface area contributed by atoms with Crippen molar-refractivity contribution in [1.29, 1.82) is 0 Å². The molecule has 0 bridgehead atoms. The van der Waals surface area contributed by atoms with Crippen LogP contribution in [0.25, 0.3) is 0 Å². The largest absolute Gasteiger partial charge is 0.496 e. The summed E-state index contributed by atoms with van der Waals surface area (Å²) in [5.41, 5.74) is 4.49. The Hall–Kier alpha value is -3.42. The van der Waals surface area contributed by atoms with Crippen LogP contribution in [0.1, 0.15) is 59.2 Å². The van der Waals surface area contributed by atoms with Crippen molar-refractivity contribution < 1.29 is 14.3 Å². The third-order valence-corrected chi connectivity index (χ3v) is 8.85. The van der Waals surface area contributed by atoms with Gasteiger partial charge in [0.25, 0.3) is 5.91 Å². The van der Waals surface area contributed by atoms with E-state index in [2.05, 4.69) is 50.0 Å². The van der Waals surface area contributed by atoms with Gasteiger partial charge < -0.3 is 19.3 Å². The molecule has 7 nitrogen and oxygen atoms in total. The number of aromatic nitrogens is 1. The van der Waals surface area contributed by atoms with E-state index in [1.54, 1.807) is 7.11 Å². The Balaban J connectivity index is 1.31. The number of piperidine rings is 1. The monoisotopic (exact) mass is 570 g/mol. The van der Waals surface area contributed by atoms with Gasteiger partial charge in [0.1, 0.15) is 18.1 Å². The fourth-order valence-electron chi connectivity index (χ4n) is 6.62. The third-order valence-electron chi connectivity index (χ3n) is 8.85. The lowest BCUT2D eigenvalue weighted by Gasteiger charge is -2.45. The number of fused-ring (bicyclic) bond motifs is 1. The van der Waals surface area contributed by atoms with E-state index in [9.17, 15) is 4.79 Å². The highest BCUT2D eigenvalue weighted by Crippen LogP contribution is 2.39. The Kier molecular flexibility index (Phi) is 10.1. The lowest BCUT2D eigenvalue weighted by Crippen LogP contribution is -2.48. The molecule has 1 aromatic heterocycles. The van der Waals surface area contributed by atoms with Crippen LogP contribution in [0.3, 0.4) is 0 Å². The molecule has 2 aliphatic rings. The number of carbonyl (C=O) groups is 1. The van der Waals surface area contributed by atoms with Gasteiger partial charge in [-0.1, -0.05) is 30.7 Å². The maximum atomic E-state index is 13.7. The van der Waals surface area contributed by atoms with E-state index in [0.717, 1.165) is 87.6 Å². The molecule has 0 aliphatic carbocycles. The zero-order valence-electron chi connectivity index (χ0n) is 25.6. The van der Waals surface area contributed by atoms with E-state index in [1.807, 2.05) is 50.8 Å². The number of nitrogens with zero attached hydrogens (tertiary/aromatic N) is 4. The lowest BCUT2D eigenvalue weighted by atomic mass is 9.73. The van der Waals surface area contributed by atoms with Gasteiger partial charge in [-0.05, 0) is 93.1 Å². The molecule has 0 N–H and O–H groups in total. The topological polar surface area (TPSA) is 58.1 Å². The van der Waals surface area contributed by atoms with Gasteiger partial charge in [-0.15, -0.1) is 0 Å². The van der Waals surface area contributed by atoms with E-state index in [-0.39, 0.29) is 11.3 Å². The van der Waals surface area contributed by atoms with Crippen molar-refractivity contribution in [2.75, 3.05) is 54.0 Å². The fraction of sp³-hybridized carbons (Fsp3) is 0.486. The number of para-hydroxylation sites is 1. The van der Waals surface area contributed by atoms with Crippen LogP contribution >= 0.6 is 0 Å². The minimum Gasteiger partial charge on any atom is -0.496 e. The van der Waals surface area contributed by atoms with Crippen LogP contribution in [0.15, 0.2) is 67.0 Å². The molecule has 2 aliphatic heterocycles. The van der Waals surface area contributed by atoms with Crippen LogP contribution in [0.2, 0.25) is 0 Å². The van der Waals surface area contributed by atoms with Gasteiger partial charge in [0, 0.05) is 62.8 Å². The van der Waals surface area contributed by atoms with E-state index in [0.29, 0.717) is 6.61 Å². The van der Waals surface area contributed by atoms with Crippen LogP contribution < -0.4 is 9.47 Å². The van der Waals surface area contributed by atoms with Crippen LogP contribution in [0.4, 0.5) is 0 Å². The number of likely N-dealkylation sites (tertiary alicyclic amines) is 1. The molecule has 42 heavy (non-hydrogen) atoms. The number of hydrogen-bond donors (Lipinski definition) is 0. The van der Waals surface area contributed by atoms with Crippen molar-refractivity contribution >= 4 is 5.91 Å². The maximum absolute atomic E-state index is 13.7. The van der Waals surface area contributed by atoms with Crippen LogP contribution in [0.5, 0.6) is 11.5 Å². The summed E-state index contributed by atoms with van der Waals surface area (Å²) in [6, 6.07) is 18.5. The molecule has 224 valence electrons. The first-order valence-electron chi connectivity index (χ1n) is 15.4. The summed E-state index contributed by atoms with van der Waals surface area (Å²) in [7, 11) is 5.75. The molecule has 1 spiro atoms. The quantitative estimate of drug-likeness (QED) is 0.380. The van der Waals surface area contributed by atoms with E-state index >= 15 is 0 Å². The minimum atomic E-state index is 0.123. The second kappa shape index (κ2) is 14.2. The van der Waals surface area contributed by atoms with Gasteiger partial charge in [0.2, 0.25) is 0 Å². The van der Waals surface area contributed by atoms with Crippen LogP contribution in [-0.2, 0) is 19.5 Å². The first-order chi connectivity index (χ1) is 20.4. The molecule has 1 saturated heterocycles. The maximum Gasteiger partial charge on any atom is 0.253 e. The van der Waals surface area contributed by atoms with Gasteiger partial charge in [0.05, 0.1) is 7.11 Å². The first-order valence-corrected chi connectivity index (χ1v) is 15.4. The highest BCUT2D eigenvalue weighted by molar-refractivity contribution is 5.94. The highest BCUT2D eigenvalue weighted by Gasteiger charge is 2.37. The highest BCUT2D eigenvalue weighted by atomic mass is 16.5. The molecule has 5 rings (SSSR count). The summed E-state index contributed by atoms with van der Waals surface area (Å²) in [6.07, 6.45) is 10.4. The Labute approximate surface area is 251 Å². The summed E-state index contributed by atoms with van der Waals surface area (Å²) in [5.74, 6) is 1.97. The molecule has 0 radical (unpaired) electrons. The number of pyridine rings is 1. The number of benzene rings is 2. The smallest absolute Gasteiger partial charge is 0.253 e. The van der Waals surface area contributed by atoms with Crippen LogP contribution in [0, 0.1) is 5.41 Å². The number of aryl methyl sites for hydroxylation is 1. The number of carbonyl (C=O) groups excluding carboxylic acids is 1. The molecule has 2 aromatic carbocycles. The fourth-order valence-corrected chi connectivity index (χ4v) is 6.62. The molecule has 1 fully saturated rings. The zero-order chi connectivity index (χ0) is 29.4. The number of ether oxygens (including phenoxy) is 2. The Bertz CT molecular complexity index is 1300. The van der Waals surface area contributed by atoms with Crippen LogP contribution in [-0.4, -0.2) is 79.6 Å². The molecule has 3 aromatic rings. The zero-order valence-corrected chi connectivity index (χ0v) is 25.6. The second-order valence-corrected chi connectivity index (χ2v) is 12.3. The molecular weight excluding hydrogens is 524 g/mol. The normalized spacial score (nSPS) is 18.0. The Morgan fingerprint density at radius 1 is 1.02 bits per heavy atom. The summed E-state index contributed by atoms with van der Waals surface area (Å²) in [5, 5.41) is 0. The molecule has 1 amide bonds. The van der Waals surface area contributed by atoms with Crippen molar-refractivity contribution in [2.24, 2.45) is 5.41 Å². The van der Waals surface area contributed by atoms with Gasteiger partial charge in [0.15, 0.2) is 0 Å². The summed E-state index contributed by atoms with van der Waals surface area (Å²) < 4.78 is 11.9. The number of hydrogen-bond acceptors (Lipinski definition) is 6. The molecule has 3 heterocycles. The number of methoxy groups -OCH3 is 1. The molecule has 0 unspecified atom stereocenters. The van der Waals surface area contributed by atoms with Gasteiger partial charge in [-0.25, -0.2) is 0 Å². The average molecular weight is 571 g/mol. The summed E-state index contributed by atoms with van der Waals surface area (Å²) >= 11 is 0. The van der Waals surface area contributed by atoms with E-state index in [4.69, 9.17) is 9.47 Å². The molecule has 7 heteroatoms. The number of rotatable bonds is 6. The first kappa shape index (κ1) is 30.1. The van der Waals surface area contributed by atoms with Gasteiger partial charge in [-0.3, -0.25) is 14.7 Å². The van der Waals surface area contributed by atoms with E-state index in [1.165, 1.54) is 24.0 Å². The lowest BCUT2D eigenvalue weighted by molar-refractivity contribution is 0.0361. The van der Waals surface area contributed by atoms with Gasteiger partial charge >= 0.3 is 0 Å². The SMILES string of the molecule is COc1ccc(C(=O)N2CCC3(CCCCc4ccccc4OCCN(Cc4cccnc4)C3)CC2)cc1CN(C)C. The van der Waals surface area contributed by atoms with Crippen molar-refractivity contribution in [3.8, 4) is 11.5 Å². The Morgan fingerprint density at radius 3 is 2.62 bits per heavy atom. The molecular formula is C35H46N4O3.